The summed E-state index contributed by atoms with van der Waals surface area (Å²) in [5.74, 6) is -5.34. The predicted octanol–water partition coefficient (Wildman–Crippen LogP) is -0.679. The Morgan fingerprint density at radius 2 is 1.30 bits per heavy atom. The summed E-state index contributed by atoms with van der Waals surface area (Å²) in [6.07, 6.45) is -3.86. The van der Waals surface area contributed by atoms with E-state index in [0.29, 0.717) is 0 Å². The molecule has 0 fully saturated rings. The lowest BCUT2D eigenvalue weighted by atomic mass is 9.78. The number of carbonyl (C=O) groups excluding carboxylic acids is 1. The zero-order valence-corrected chi connectivity index (χ0v) is 10.7. The number of ether oxygens (including phenoxy) is 1. The molecular weight excluding hydrogens is 276 g/mol. The quantitative estimate of drug-likeness (QED) is 0.404. The minimum Gasteiger partial charge on any atom is -0.481 e. The van der Waals surface area contributed by atoms with E-state index >= 15 is 0 Å². The number of hydrogen-bond acceptors (Lipinski definition) is 6. The largest absolute Gasteiger partial charge is 0.481 e. The van der Waals surface area contributed by atoms with Crippen LogP contribution >= 0.6 is 0 Å². The second-order valence-electron chi connectivity index (χ2n) is 4.50. The number of hydrogen-bond donors (Lipinski definition) is 4. The Labute approximate surface area is 113 Å². The number of carboxylic acid groups (broad SMARTS) is 3. The highest BCUT2D eigenvalue weighted by molar-refractivity contribution is 5.77. The van der Waals surface area contributed by atoms with Crippen molar-refractivity contribution >= 4 is 23.9 Å². The van der Waals surface area contributed by atoms with Crippen molar-refractivity contribution in [3.8, 4) is 0 Å². The lowest BCUT2D eigenvalue weighted by molar-refractivity contribution is -0.164. The average Bonchev–Trinajstić information content (AvgIpc) is 2.22. The molecule has 0 aromatic heterocycles. The van der Waals surface area contributed by atoms with Crippen molar-refractivity contribution in [2.75, 3.05) is 6.61 Å². The molecule has 0 radical (unpaired) electrons. The summed E-state index contributed by atoms with van der Waals surface area (Å²) in [5, 5.41) is 35.3. The van der Waals surface area contributed by atoms with E-state index in [1.807, 2.05) is 0 Å². The van der Waals surface area contributed by atoms with E-state index in [2.05, 4.69) is 4.74 Å². The second kappa shape index (κ2) is 7.43. The molecule has 9 heteroatoms. The topological polar surface area (TPSA) is 158 Å². The van der Waals surface area contributed by atoms with Gasteiger partial charge < -0.3 is 25.2 Å². The van der Waals surface area contributed by atoms with Gasteiger partial charge in [-0.05, 0) is 6.92 Å². The van der Waals surface area contributed by atoms with Crippen LogP contribution in [0.15, 0.2) is 0 Å². The Morgan fingerprint density at radius 3 is 1.55 bits per heavy atom. The Balaban J connectivity index is 5.14. The van der Waals surface area contributed by atoms with Crippen LogP contribution in [0.5, 0.6) is 0 Å². The molecule has 0 aliphatic rings. The highest BCUT2D eigenvalue weighted by atomic mass is 16.5. The third-order valence-corrected chi connectivity index (χ3v) is 2.44. The Hall–Kier alpha value is -2.16. The molecule has 1 unspecified atom stereocenters. The van der Waals surface area contributed by atoms with Gasteiger partial charge >= 0.3 is 23.9 Å². The van der Waals surface area contributed by atoms with E-state index in [1.165, 1.54) is 0 Å². The molecule has 0 heterocycles. The normalized spacial score (nSPS) is 12.5. The van der Waals surface area contributed by atoms with Gasteiger partial charge in [-0.2, -0.15) is 0 Å². The fourth-order valence-corrected chi connectivity index (χ4v) is 1.65. The smallest absolute Gasteiger partial charge is 0.334 e. The molecule has 0 aromatic rings. The Bertz CT molecular complexity index is 358. The summed E-state index contributed by atoms with van der Waals surface area (Å²) in [4.78, 5) is 43.5. The number of aliphatic hydroxyl groups is 1. The lowest BCUT2D eigenvalue weighted by Crippen LogP contribution is -2.37. The van der Waals surface area contributed by atoms with Crippen molar-refractivity contribution in [2.45, 2.75) is 32.3 Å². The zero-order chi connectivity index (χ0) is 15.9. The first kappa shape index (κ1) is 17.8. The lowest BCUT2D eigenvalue weighted by Gasteiger charge is -2.28. The predicted molar refractivity (Wildman–Crippen MR) is 61.8 cm³/mol. The van der Waals surface area contributed by atoms with E-state index in [-0.39, 0.29) is 0 Å². The second-order valence-corrected chi connectivity index (χ2v) is 4.50. The van der Waals surface area contributed by atoms with Crippen LogP contribution in [-0.2, 0) is 23.9 Å². The van der Waals surface area contributed by atoms with Gasteiger partial charge in [0.15, 0.2) is 0 Å². The summed E-state index contributed by atoms with van der Waals surface area (Å²) in [7, 11) is 0. The molecule has 0 aliphatic heterocycles. The van der Waals surface area contributed by atoms with Crippen molar-refractivity contribution in [1.29, 1.82) is 0 Å². The SMILES string of the molecule is CC(O)C(=O)OCC(CC(=O)O)(CC(=O)O)CC(=O)O. The van der Waals surface area contributed by atoms with E-state index < -0.39 is 61.3 Å². The first-order chi connectivity index (χ1) is 9.08. The van der Waals surface area contributed by atoms with E-state index in [0.717, 1.165) is 6.92 Å². The van der Waals surface area contributed by atoms with Crippen molar-refractivity contribution in [2.24, 2.45) is 5.41 Å². The fourth-order valence-electron chi connectivity index (χ4n) is 1.65. The van der Waals surface area contributed by atoms with Crippen molar-refractivity contribution < 1.29 is 44.3 Å². The molecule has 0 aromatic carbocycles. The number of carbonyl (C=O) groups is 4. The van der Waals surface area contributed by atoms with Crippen LogP contribution < -0.4 is 0 Å². The third kappa shape index (κ3) is 6.69. The molecular formula is C11H16O9. The highest BCUT2D eigenvalue weighted by Gasteiger charge is 2.39. The van der Waals surface area contributed by atoms with E-state index in [1.54, 1.807) is 0 Å². The summed E-state index contributed by atoms with van der Waals surface area (Å²) in [6.45, 7) is 0.386. The molecule has 0 saturated carbocycles. The summed E-state index contributed by atoms with van der Waals surface area (Å²) >= 11 is 0. The Morgan fingerprint density at radius 1 is 0.950 bits per heavy atom. The molecule has 0 rings (SSSR count). The molecule has 9 nitrogen and oxygen atoms in total. The molecule has 20 heavy (non-hydrogen) atoms. The molecule has 1 atom stereocenters. The van der Waals surface area contributed by atoms with Crippen LogP contribution in [-0.4, -0.2) is 57.0 Å². The fraction of sp³-hybridized carbons (Fsp3) is 0.636. The van der Waals surface area contributed by atoms with Gasteiger partial charge in [0.05, 0.1) is 25.9 Å². The minimum atomic E-state index is -1.77. The van der Waals surface area contributed by atoms with E-state index in [4.69, 9.17) is 20.4 Å². The number of rotatable bonds is 9. The van der Waals surface area contributed by atoms with Crippen molar-refractivity contribution in [1.82, 2.24) is 0 Å². The monoisotopic (exact) mass is 292 g/mol. The van der Waals surface area contributed by atoms with E-state index in [9.17, 15) is 19.2 Å². The van der Waals surface area contributed by atoms with Crippen molar-refractivity contribution in [3.63, 3.8) is 0 Å². The number of aliphatic hydroxyl groups excluding tert-OH is 1. The maximum atomic E-state index is 11.1. The van der Waals surface area contributed by atoms with Gasteiger partial charge in [-0.1, -0.05) is 0 Å². The molecule has 4 N–H and O–H groups in total. The van der Waals surface area contributed by atoms with Gasteiger partial charge in [0.25, 0.3) is 0 Å². The molecule has 0 amide bonds. The number of carboxylic acids is 3. The molecule has 0 bridgehead atoms. The maximum Gasteiger partial charge on any atom is 0.334 e. The van der Waals surface area contributed by atoms with Gasteiger partial charge in [-0.25, -0.2) is 4.79 Å². The average molecular weight is 292 g/mol. The summed E-state index contributed by atoms with van der Waals surface area (Å²) < 4.78 is 4.59. The zero-order valence-electron chi connectivity index (χ0n) is 10.7. The van der Waals surface area contributed by atoms with Crippen LogP contribution in [0, 0.1) is 5.41 Å². The molecule has 114 valence electrons. The maximum absolute atomic E-state index is 11.1. The van der Waals surface area contributed by atoms with Crippen molar-refractivity contribution in [3.05, 3.63) is 0 Å². The summed E-state index contributed by atoms with van der Waals surface area (Å²) in [5.41, 5.74) is -1.77. The van der Waals surface area contributed by atoms with Crippen LogP contribution in [0.2, 0.25) is 0 Å². The number of esters is 1. The third-order valence-electron chi connectivity index (χ3n) is 2.44. The molecule has 0 saturated heterocycles. The van der Waals surface area contributed by atoms with Crippen LogP contribution in [0.25, 0.3) is 0 Å². The molecule has 0 aliphatic carbocycles. The van der Waals surface area contributed by atoms with Crippen LogP contribution in [0.4, 0.5) is 0 Å². The minimum absolute atomic E-state index is 0.721. The van der Waals surface area contributed by atoms with Gasteiger partial charge in [0.1, 0.15) is 6.10 Å². The first-order valence-electron chi connectivity index (χ1n) is 5.58. The van der Waals surface area contributed by atoms with Gasteiger partial charge in [0, 0.05) is 5.41 Å². The first-order valence-corrected chi connectivity index (χ1v) is 5.58. The summed E-state index contributed by atoms with van der Waals surface area (Å²) in [6, 6.07) is 0. The van der Waals surface area contributed by atoms with Gasteiger partial charge in [-0.15, -0.1) is 0 Å². The highest BCUT2D eigenvalue weighted by Crippen LogP contribution is 2.32. The van der Waals surface area contributed by atoms with Gasteiger partial charge in [0.2, 0.25) is 0 Å². The number of aliphatic carboxylic acids is 3. The standard InChI is InChI=1S/C11H16O9/c1-6(12)10(19)20-5-11(2-7(13)14,3-8(15)16)4-9(17)18/h6,12H,2-5H2,1H3,(H,13,14)(H,15,16)(H,17,18). The Kier molecular flexibility index (Phi) is 6.63. The van der Waals surface area contributed by atoms with Crippen LogP contribution in [0.3, 0.4) is 0 Å². The molecule has 0 spiro atoms. The van der Waals surface area contributed by atoms with Crippen LogP contribution in [0.1, 0.15) is 26.2 Å². The van der Waals surface area contributed by atoms with Gasteiger partial charge in [-0.3, -0.25) is 14.4 Å².